The fraction of sp³-hybridized carbons (Fsp3) is 0.375. The molecule has 0 aliphatic carbocycles. The number of aryl methyl sites for hydroxylation is 2. The molecule has 0 radical (unpaired) electrons. The molecule has 0 saturated heterocycles. The van der Waals surface area contributed by atoms with E-state index in [2.05, 4.69) is 46.5 Å². The molecule has 0 aliphatic heterocycles. The summed E-state index contributed by atoms with van der Waals surface area (Å²) in [7, 11) is 0. The third-order valence-corrected chi connectivity index (χ3v) is 3.33. The predicted octanol–water partition coefficient (Wildman–Crippen LogP) is 3.76. The largest absolute Gasteiger partial charge is 0.383 e. The van der Waals surface area contributed by atoms with Crippen LogP contribution >= 0.6 is 0 Å². The zero-order valence-corrected chi connectivity index (χ0v) is 12.4. The van der Waals surface area contributed by atoms with E-state index in [4.69, 9.17) is 5.73 Å². The van der Waals surface area contributed by atoms with E-state index in [1.54, 1.807) is 0 Å². The van der Waals surface area contributed by atoms with Crippen LogP contribution in [0.25, 0.3) is 0 Å². The van der Waals surface area contributed by atoms with E-state index in [9.17, 15) is 0 Å². The molecule has 0 unspecified atom stereocenters. The Balaban J connectivity index is 2.14. The molecule has 4 heteroatoms. The molecule has 1 heterocycles. The number of anilines is 3. The maximum absolute atomic E-state index is 5.86. The molecule has 106 valence electrons. The van der Waals surface area contributed by atoms with Gasteiger partial charge in [0, 0.05) is 11.3 Å². The zero-order valence-electron chi connectivity index (χ0n) is 12.4. The molecule has 0 fully saturated rings. The number of nitrogens with one attached hydrogen (secondary N) is 1. The minimum atomic E-state index is 0.527. The fourth-order valence-electron chi connectivity index (χ4n) is 2.04. The zero-order chi connectivity index (χ0) is 14.5. The highest BCUT2D eigenvalue weighted by Gasteiger charge is 2.06. The average Bonchev–Trinajstić information content (AvgIpc) is 2.43. The first-order valence-corrected chi connectivity index (χ1v) is 7.07. The van der Waals surface area contributed by atoms with Gasteiger partial charge in [0.25, 0.3) is 0 Å². The molecule has 2 rings (SSSR count). The van der Waals surface area contributed by atoms with Crippen LogP contribution in [0, 0.1) is 13.8 Å². The molecule has 0 saturated carbocycles. The van der Waals surface area contributed by atoms with Crippen molar-refractivity contribution in [3.63, 3.8) is 0 Å². The van der Waals surface area contributed by atoms with Gasteiger partial charge in [0.2, 0.25) is 0 Å². The van der Waals surface area contributed by atoms with Crippen LogP contribution in [0.1, 0.15) is 36.7 Å². The normalized spacial score (nSPS) is 10.6. The van der Waals surface area contributed by atoms with E-state index in [1.165, 1.54) is 18.4 Å². The number of unbranched alkanes of at least 4 members (excludes halogenated alkanes) is 1. The molecule has 4 nitrogen and oxygen atoms in total. The molecular weight excluding hydrogens is 248 g/mol. The van der Waals surface area contributed by atoms with E-state index in [0.29, 0.717) is 11.6 Å². The highest BCUT2D eigenvalue weighted by Crippen LogP contribution is 2.22. The summed E-state index contributed by atoms with van der Waals surface area (Å²) in [6, 6.07) is 8.48. The lowest BCUT2D eigenvalue weighted by Gasteiger charge is -2.11. The van der Waals surface area contributed by atoms with Gasteiger partial charge >= 0.3 is 0 Å². The number of nitrogens with zero attached hydrogens (tertiary/aromatic N) is 2. The van der Waals surface area contributed by atoms with Gasteiger partial charge in [0.05, 0.1) is 0 Å². The number of nitrogen functional groups attached to an aromatic ring is 1. The smallest absolute Gasteiger partial charge is 0.139 e. The SMILES string of the molecule is CCCCc1ccc(Nc2nc(C)nc(N)c2C)cc1. The summed E-state index contributed by atoms with van der Waals surface area (Å²) >= 11 is 0. The fourth-order valence-corrected chi connectivity index (χ4v) is 2.04. The Bertz CT molecular complexity index is 576. The molecule has 20 heavy (non-hydrogen) atoms. The molecule has 1 aromatic heterocycles. The van der Waals surface area contributed by atoms with Gasteiger partial charge in [-0.15, -0.1) is 0 Å². The second-order valence-electron chi connectivity index (χ2n) is 5.06. The van der Waals surface area contributed by atoms with Crippen molar-refractivity contribution >= 4 is 17.3 Å². The Morgan fingerprint density at radius 3 is 2.45 bits per heavy atom. The predicted molar refractivity (Wildman–Crippen MR) is 84.3 cm³/mol. The monoisotopic (exact) mass is 270 g/mol. The number of aromatic nitrogens is 2. The van der Waals surface area contributed by atoms with Gasteiger partial charge in [-0.05, 0) is 44.4 Å². The van der Waals surface area contributed by atoms with Crippen LogP contribution in [-0.4, -0.2) is 9.97 Å². The Morgan fingerprint density at radius 1 is 1.10 bits per heavy atom. The first-order valence-electron chi connectivity index (χ1n) is 7.07. The maximum Gasteiger partial charge on any atom is 0.139 e. The van der Waals surface area contributed by atoms with E-state index < -0.39 is 0 Å². The molecule has 1 aromatic carbocycles. The number of hydrogen-bond acceptors (Lipinski definition) is 4. The van der Waals surface area contributed by atoms with Crippen molar-refractivity contribution in [3.8, 4) is 0 Å². The first kappa shape index (κ1) is 14.3. The van der Waals surface area contributed by atoms with Gasteiger partial charge in [-0.3, -0.25) is 0 Å². The van der Waals surface area contributed by atoms with Crippen LogP contribution < -0.4 is 11.1 Å². The lowest BCUT2D eigenvalue weighted by Crippen LogP contribution is -2.04. The summed E-state index contributed by atoms with van der Waals surface area (Å²) in [4.78, 5) is 8.55. The summed E-state index contributed by atoms with van der Waals surface area (Å²) in [6.07, 6.45) is 3.58. The highest BCUT2D eigenvalue weighted by molar-refractivity contribution is 5.63. The van der Waals surface area contributed by atoms with Crippen LogP contribution in [0.3, 0.4) is 0 Å². The van der Waals surface area contributed by atoms with Gasteiger partial charge in [0.1, 0.15) is 17.5 Å². The summed E-state index contributed by atoms with van der Waals surface area (Å²) in [5, 5.41) is 3.31. The van der Waals surface area contributed by atoms with Crippen LogP contribution in [0.2, 0.25) is 0 Å². The van der Waals surface area contributed by atoms with Crippen LogP contribution in [-0.2, 0) is 6.42 Å². The number of rotatable bonds is 5. The third kappa shape index (κ3) is 3.47. The Hall–Kier alpha value is -2.10. The van der Waals surface area contributed by atoms with Crippen molar-refractivity contribution in [2.24, 2.45) is 0 Å². The van der Waals surface area contributed by atoms with Crippen molar-refractivity contribution < 1.29 is 0 Å². The van der Waals surface area contributed by atoms with Crippen LogP contribution in [0.15, 0.2) is 24.3 Å². The second-order valence-corrected chi connectivity index (χ2v) is 5.06. The van der Waals surface area contributed by atoms with Gasteiger partial charge in [-0.2, -0.15) is 0 Å². The lowest BCUT2D eigenvalue weighted by molar-refractivity contribution is 0.795. The molecule has 0 atom stereocenters. The van der Waals surface area contributed by atoms with Crippen molar-refractivity contribution in [3.05, 3.63) is 41.2 Å². The minimum absolute atomic E-state index is 0.527. The van der Waals surface area contributed by atoms with E-state index in [1.807, 2.05) is 13.8 Å². The quantitative estimate of drug-likeness (QED) is 0.868. The maximum atomic E-state index is 5.86. The van der Waals surface area contributed by atoms with Crippen molar-refractivity contribution in [1.82, 2.24) is 9.97 Å². The molecule has 0 spiro atoms. The van der Waals surface area contributed by atoms with Crippen molar-refractivity contribution in [1.29, 1.82) is 0 Å². The topological polar surface area (TPSA) is 63.8 Å². The molecular formula is C16H22N4. The molecule has 2 aromatic rings. The Kier molecular flexibility index (Phi) is 4.56. The van der Waals surface area contributed by atoms with E-state index >= 15 is 0 Å². The van der Waals surface area contributed by atoms with Gasteiger partial charge < -0.3 is 11.1 Å². The number of nitrogens with two attached hydrogens (primary N) is 1. The number of hydrogen-bond donors (Lipinski definition) is 2. The van der Waals surface area contributed by atoms with E-state index in [0.717, 1.165) is 23.5 Å². The minimum Gasteiger partial charge on any atom is -0.383 e. The summed E-state index contributed by atoms with van der Waals surface area (Å²) in [5.41, 5.74) is 9.13. The lowest BCUT2D eigenvalue weighted by atomic mass is 10.1. The van der Waals surface area contributed by atoms with E-state index in [-0.39, 0.29) is 0 Å². The standard InChI is InChI=1S/C16H22N4/c1-4-5-6-13-7-9-14(10-8-13)20-16-11(2)15(17)18-12(3)19-16/h7-10H,4-6H2,1-3H3,(H3,17,18,19,20). The van der Waals surface area contributed by atoms with Crippen LogP contribution in [0.5, 0.6) is 0 Å². The molecule has 0 amide bonds. The average molecular weight is 270 g/mol. The highest BCUT2D eigenvalue weighted by atomic mass is 15.1. The summed E-state index contributed by atoms with van der Waals surface area (Å²) in [6.45, 7) is 5.97. The Morgan fingerprint density at radius 2 is 1.80 bits per heavy atom. The number of benzene rings is 1. The first-order chi connectivity index (χ1) is 9.60. The van der Waals surface area contributed by atoms with Gasteiger partial charge in [0.15, 0.2) is 0 Å². The molecule has 0 bridgehead atoms. The Labute approximate surface area is 120 Å². The van der Waals surface area contributed by atoms with Crippen LogP contribution in [0.4, 0.5) is 17.3 Å². The van der Waals surface area contributed by atoms with Crippen molar-refractivity contribution in [2.75, 3.05) is 11.1 Å². The summed E-state index contributed by atoms with van der Waals surface area (Å²) < 4.78 is 0. The summed E-state index contributed by atoms with van der Waals surface area (Å²) in [5.74, 6) is 1.98. The van der Waals surface area contributed by atoms with Gasteiger partial charge in [-0.25, -0.2) is 9.97 Å². The van der Waals surface area contributed by atoms with Gasteiger partial charge in [-0.1, -0.05) is 25.5 Å². The molecule has 0 aliphatic rings. The third-order valence-electron chi connectivity index (χ3n) is 3.33. The van der Waals surface area contributed by atoms with Crippen molar-refractivity contribution in [2.45, 2.75) is 40.0 Å². The molecule has 3 N–H and O–H groups in total. The second kappa shape index (κ2) is 6.37.